The first kappa shape index (κ1) is 26.0. The highest BCUT2D eigenvalue weighted by Crippen LogP contribution is 2.47. The van der Waals surface area contributed by atoms with Crippen LogP contribution in [0.25, 0.3) is 6.08 Å². The Hall–Kier alpha value is -3.58. The summed E-state index contributed by atoms with van der Waals surface area (Å²) < 4.78 is 10.6. The lowest BCUT2D eigenvalue weighted by Crippen LogP contribution is -2.38. The predicted molar refractivity (Wildman–Crippen MR) is 152 cm³/mol. The minimum absolute atomic E-state index is 0.0198. The molecular weight excluding hydrogens is 496 g/mol. The fraction of sp³-hybridized carbons (Fsp3) is 0.355. The van der Waals surface area contributed by atoms with Crippen molar-refractivity contribution in [3.8, 4) is 11.5 Å². The number of esters is 1. The van der Waals surface area contributed by atoms with Crippen molar-refractivity contribution in [2.24, 2.45) is 11.3 Å². The molecule has 1 aliphatic carbocycles. The summed E-state index contributed by atoms with van der Waals surface area (Å²) in [5, 5.41) is 7.60. The molecule has 0 unspecified atom stereocenters. The van der Waals surface area contributed by atoms with E-state index >= 15 is 0 Å². The number of nitrogens with one attached hydrogen (secondary N) is 2. The van der Waals surface area contributed by atoms with Gasteiger partial charge in [-0.05, 0) is 77.6 Å². The van der Waals surface area contributed by atoms with Crippen LogP contribution in [0.3, 0.4) is 0 Å². The first-order chi connectivity index (χ1) is 18.3. The van der Waals surface area contributed by atoms with Gasteiger partial charge in [0.1, 0.15) is 22.7 Å². The van der Waals surface area contributed by atoms with E-state index in [1.807, 2.05) is 36.4 Å². The van der Waals surface area contributed by atoms with E-state index in [1.54, 1.807) is 36.7 Å². The standard InChI is InChI=1S/C31H34N2O4S/c1-5-31(2,3)21-11-16-24-25(18-21)38-30-27(24)29(35)32-28(33-30)20-9-14-23(15-10-20)37-26(34)17-8-19-6-12-22(36-4)13-7-19/h6-10,12-15,17,21,28,33H,5,11,16,18H2,1-4H3,(H,32,35)/b17-8+/t21-,28-/m1/s1. The summed E-state index contributed by atoms with van der Waals surface area (Å²) in [4.78, 5) is 26.8. The Bertz CT molecular complexity index is 1360. The van der Waals surface area contributed by atoms with E-state index in [0.717, 1.165) is 53.1 Å². The molecule has 1 aliphatic heterocycles. The second-order valence-electron chi connectivity index (χ2n) is 10.6. The van der Waals surface area contributed by atoms with Gasteiger partial charge in [-0.15, -0.1) is 11.3 Å². The second-order valence-corrected chi connectivity index (χ2v) is 11.7. The number of amides is 1. The van der Waals surface area contributed by atoms with Gasteiger partial charge in [0, 0.05) is 11.0 Å². The van der Waals surface area contributed by atoms with E-state index in [-0.39, 0.29) is 12.1 Å². The van der Waals surface area contributed by atoms with Crippen molar-refractivity contribution >= 4 is 34.3 Å². The topological polar surface area (TPSA) is 76.7 Å². The highest BCUT2D eigenvalue weighted by Gasteiger charge is 2.37. The molecule has 2 aromatic carbocycles. The molecule has 7 heteroatoms. The summed E-state index contributed by atoms with van der Waals surface area (Å²) in [6.45, 7) is 6.98. The van der Waals surface area contributed by atoms with Crippen LogP contribution in [0.2, 0.25) is 0 Å². The lowest BCUT2D eigenvalue weighted by Gasteiger charge is -2.36. The summed E-state index contributed by atoms with van der Waals surface area (Å²) in [6.07, 6.45) is 7.04. The molecule has 2 aliphatic rings. The number of carbonyl (C=O) groups excluding carboxylic acids is 2. The highest BCUT2D eigenvalue weighted by molar-refractivity contribution is 7.16. The summed E-state index contributed by atoms with van der Waals surface area (Å²) >= 11 is 1.73. The smallest absolute Gasteiger partial charge is 0.336 e. The van der Waals surface area contributed by atoms with Gasteiger partial charge < -0.3 is 20.1 Å². The molecule has 0 radical (unpaired) electrons. The molecule has 38 heavy (non-hydrogen) atoms. The molecule has 2 heterocycles. The Kier molecular flexibility index (Phi) is 7.30. The Morgan fingerprint density at radius 1 is 1.08 bits per heavy atom. The van der Waals surface area contributed by atoms with Crippen LogP contribution in [0.5, 0.6) is 11.5 Å². The monoisotopic (exact) mass is 530 g/mol. The highest BCUT2D eigenvalue weighted by atomic mass is 32.1. The van der Waals surface area contributed by atoms with Crippen LogP contribution in [0, 0.1) is 11.3 Å². The van der Waals surface area contributed by atoms with Crippen molar-refractivity contribution in [2.45, 2.75) is 52.6 Å². The van der Waals surface area contributed by atoms with E-state index < -0.39 is 5.97 Å². The third kappa shape index (κ3) is 5.34. The zero-order chi connectivity index (χ0) is 26.9. The number of ether oxygens (including phenoxy) is 2. The largest absolute Gasteiger partial charge is 0.497 e. The minimum atomic E-state index is -0.462. The Labute approximate surface area is 228 Å². The molecule has 2 N–H and O–H groups in total. The maximum absolute atomic E-state index is 13.1. The quantitative estimate of drug-likeness (QED) is 0.200. The van der Waals surface area contributed by atoms with Crippen LogP contribution in [0.4, 0.5) is 5.00 Å². The van der Waals surface area contributed by atoms with E-state index in [0.29, 0.717) is 17.1 Å². The second kappa shape index (κ2) is 10.7. The molecule has 1 amide bonds. The van der Waals surface area contributed by atoms with Crippen molar-refractivity contribution in [2.75, 3.05) is 12.4 Å². The van der Waals surface area contributed by atoms with Gasteiger partial charge in [-0.3, -0.25) is 4.79 Å². The van der Waals surface area contributed by atoms with E-state index in [9.17, 15) is 9.59 Å². The van der Waals surface area contributed by atoms with Gasteiger partial charge in [0.25, 0.3) is 5.91 Å². The summed E-state index contributed by atoms with van der Waals surface area (Å²) in [5.41, 5.74) is 4.12. The van der Waals surface area contributed by atoms with Crippen molar-refractivity contribution in [1.82, 2.24) is 5.32 Å². The van der Waals surface area contributed by atoms with Crippen LogP contribution in [-0.4, -0.2) is 19.0 Å². The van der Waals surface area contributed by atoms with Gasteiger partial charge in [0.2, 0.25) is 0 Å². The Balaban J connectivity index is 1.23. The molecular formula is C31H34N2O4S. The number of rotatable bonds is 7. The fourth-order valence-electron chi connectivity index (χ4n) is 5.18. The Morgan fingerprint density at radius 3 is 2.47 bits per heavy atom. The number of hydrogen-bond donors (Lipinski definition) is 2. The third-order valence-electron chi connectivity index (χ3n) is 8.02. The van der Waals surface area contributed by atoms with Gasteiger partial charge in [0.05, 0.1) is 12.7 Å². The predicted octanol–water partition coefficient (Wildman–Crippen LogP) is 6.77. The number of anilines is 1. The fourth-order valence-corrected chi connectivity index (χ4v) is 6.53. The number of fused-ring (bicyclic) bond motifs is 3. The lowest BCUT2D eigenvalue weighted by molar-refractivity contribution is -0.128. The van der Waals surface area contributed by atoms with Crippen LogP contribution in [0.15, 0.2) is 54.6 Å². The molecule has 0 spiro atoms. The zero-order valence-electron chi connectivity index (χ0n) is 22.3. The normalized spacial score (nSPS) is 18.8. The van der Waals surface area contributed by atoms with Crippen molar-refractivity contribution in [1.29, 1.82) is 0 Å². The van der Waals surface area contributed by atoms with E-state index in [2.05, 4.69) is 31.4 Å². The van der Waals surface area contributed by atoms with Crippen molar-refractivity contribution in [3.63, 3.8) is 0 Å². The number of hydrogen-bond acceptors (Lipinski definition) is 6. The number of thiophene rings is 1. The minimum Gasteiger partial charge on any atom is -0.497 e. The van der Waals surface area contributed by atoms with Crippen molar-refractivity contribution < 1.29 is 19.1 Å². The summed E-state index contributed by atoms with van der Waals surface area (Å²) in [7, 11) is 1.61. The number of carbonyl (C=O) groups is 2. The molecule has 198 valence electrons. The molecule has 5 rings (SSSR count). The Morgan fingerprint density at radius 2 is 1.79 bits per heavy atom. The number of benzene rings is 2. The SMILES string of the molecule is CCC(C)(C)[C@@H]1CCc2c(sc3c2C(=O)N[C@@H](c2ccc(OC(=O)/C=C/c4ccc(OC)cc4)cc2)N3)C1. The van der Waals surface area contributed by atoms with Crippen LogP contribution >= 0.6 is 11.3 Å². The van der Waals surface area contributed by atoms with Gasteiger partial charge in [0.15, 0.2) is 0 Å². The van der Waals surface area contributed by atoms with Gasteiger partial charge in [-0.2, -0.15) is 0 Å². The number of methoxy groups -OCH3 is 1. The van der Waals surface area contributed by atoms with E-state index in [4.69, 9.17) is 9.47 Å². The van der Waals surface area contributed by atoms with Gasteiger partial charge in [-0.1, -0.05) is 51.5 Å². The molecule has 0 fully saturated rings. The molecule has 0 bridgehead atoms. The molecule has 6 nitrogen and oxygen atoms in total. The third-order valence-corrected chi connectivity index (χ3v) is 9.20. The van der Waals surface area contributed by atoms with Crippen LogP contribution in [-0.2, 0) is 17.6 Å². The first-order valence-corrected chi connectivity index (χ1v) is 13.9. The average molecular weight is 531 g/mol. The average Bonchev–Trinajstić information content (AvgIpc) is 3.31. The lowest BCUT2D eigenvalue weighted by atomic mass is 9.69. The van der Waals surface area contributed by atoms with Crippen molar-refractivity contribution in [3.05, 3.63) is 81.7 Å². The summed E-state index contributed by atoms with van der Waals surface area (Å²) in [5.74, 6) is 1.36. The van der Waals surface area contributed by atoms with Gasteiger partial charge in [-0.25, -0.2) is 4.79 Å². The molecule has 3 aromatic rings. The molecule has 0 saturated heterocycles. The first-order valence-electron chi connectivity index (χ1n) is 13.1. The molecule has 0 saturated carbocycles. The maximum atomic E-state index is 13.1. The molecule has 1 aromatic heterocycles. The van der Waals surface area contributed by atoms with Gasteiger partial charge >= 0.3 is 5.97 Å². The maximum Gasteiger partial charge on any atom is 0.336 e. The van der Waals surface area contributed by atoms with Crippen LogP contribution in [0.1, 0.15) is 71.7 Å². The zero-order valence-corrected chi connectivity index (χ0v) is 23.1. The van der Waals surface area contributed by atoms with Crippen LogP contribution < -0.4 is 20.1 Å². The van der Waals surface area contributed by atoms with E-state index in [1.165, 1.54) is 16.5 Å². The molecule has 2 atom stereocenters. The summed E-state index contributed by atoms with van der Waals surface area (Å²) in [6, 6.07) is 14.6.